The van der Waals surface area contributed by atoms with Gasteiger partial charge in [0.15, 0.2) is 0 Å². The van der Waals surface area contributed by atoms with Gasteiger partial charge in [-0.15, -0.1) is 0 Å². The number of likely N-dealkylation sites (tertiary alicyclic amines) is 1. The quantitative estimate of drug-likeness (QED) is 0.705. The van der Waals surface area contributed by atoms with Crippen molar-refractivity contribution in [2.75, 3.05) is 38.7 Å². The Morgan fingerprint density at radius 3 is 2.88 bits per heavy atom. The molecule has 140 valence electrons. The minimum Gasteiger partial charge on any atom is -0.492 e. The van der Waals surface area contributed by atoms with Crippen LogP contribution in [0.3, 0.4) is 0 Å². The molecule has 0 radical (unpaired) electrons. The number of hydrogen-bond acceptors (Lipinski definition) is 6. The maximum absolute atomic E-state index is 11.6. The minimum atomic E-state index is -0.403. The number of piperidine rings is 1. The monoisotopic (exact) mass is 358 g/mol. The molecule has 2 heterocycles. The number of nitrogens with one attached hydrogen (secondary N) is 2. The van der Waals surface area contributed by atoms with Crippen LogP contribution in [0.4, 0.5) is 5.95 Å². The first kappa shape index (κ1) is 18.3. The largest absolute Gasteiger partial charge is 0.492 e. The van der Waals surface area contributed by atoms with Crippen LogP contribution in [-0.2, 0) is 6.54 Å². The summed E-state index contributed by atoms with van der Waals surface area (Å²) >= 11 is 0. The third-order valence-corrected chi connectivity index (χ3v) is 4.40. The second kappa shape index (κ2) is 9.24. The van der Waals surface area contributed by atoms with Crippen LogP contribution in [0.25, 0.3) is 0 Å². The molecule has 0 amide bonds. The van der Waals surface area contributed by atoms with Gasteiger partial charge in [0.05, 0.1) is 19.9 Å². The van der Waals surface area contributed by atoms with E-state index >= 15 is 0 Å². The average molecular weight is 358 g/mol. The van der Waals surface area contributed by atoms with E-state index in [9.17, 15) is 4.79 Å². The number of nitrogens with zero attached hydrogens (tertiary/aromatic N) is 2. The smallest absolute Gasteiger partial charge is 0.316 e. The molecular formula is C19H26N4O3. The Morgan fingerprint density at radius 1 is 1.27 bits per heavy atom. The molecule has 1 fully saturated rings. The Kier molecular flexibility index (Phi) is 6.49. The van der Waals surface area contributed by atoms with E-state index in [1.165, 1.54) is 51.2 Å². The molecule has 1 aromatic carbocycles. The number of ether oxygens (including phenoxy) is 2. The highest BCUT2D eigenvalue weighted by Crippen LogP contribution is 2.17. The van der Waals surface area contributed by atoms with Crippen molar-refractivity contribution in [1.29, 1.82) is 0 Å². The lowest BCUT2D eigenvalue weighted by atomic mass is 10.1. The second-order valence-corrected chi connectivity index (χ2v) is 6.38. The van der Waals surface area contributed by atoms with Crippen molar-refractivity contribution in [3.05, 3.63) is 46.4 Å². The molecule has 7 nitrogen and oxygen atoms in total. The lowest BCUT2D eigenvalue weighted by molar-refractivity contribution is 0.220. The summed E-state index contributed by atoms with van der Waals surface area (Å²) in [6.07, 6.45) is 5.43. The highest BCUT2D eigenvalue weighted by atomic mass is 16.5. The minimum absolute atomic E-state index is 0.192. The molecule has 1 aliphatic rings. The first-order valence-corrected chi connectivity index (χ1v) is 9.06. The third-order valence-electron chi connectivity index (χ3n) is 4.40. The van der Waals surface area contributed by atoms with Gasteiger partial charge in [0.2, 0.25) is 11.7 Å². The van der Waals surface area contributed by atoms with E-state index in [1.54, 1.807) is 0 Å². The SMILES string of the molecule is COc1c[nH]c(NCCOc2cccc(CN3CCCCC3)c2)nc1=O. The van der Waals surface area contributed by atoms with Crippen molar-refractivity contribution in [3.63, 3.8) is 0 Å². The summed E-state index contributed by atoms with van der Waals surface area (Å²) in [6.45, 7) is 4.35. The topological polar surface area (TPSA) is 79.5 Å². The Morgan fingerprint density at radius 2 is 2.12 bits per heavy atom. The van der Waals surface area contributed by atoms with E-state index in [0.717, 1.165) is 12.3 Å². The maximum atomic E-state index is 11.6. The number of H-pyrrole nitrogens is 1. The average Bonchev–Trinajstić information content (AvgIpc) is 2.66. The molecule has 0 atom stereocenters. The predicted molar refractivity (Wildman–Crippen MR) is 101 cm³/mol. The summed E-state index contributed by atoms with van der Waals surface area (Å²) in [5.41, 5.74) is 0.874. The van der Waals surface area contributed by atoms with Gasteiger partial charge < -0.3 is 19.8 Å². The van der Waals surface area contributed by atoms with Gasteiger partial charge in [0, 0.05) is 6.54 Å². The first-order valence-electron chi connectivity index (χ1n) is 9.06. The molecule has 0 bridgehead atoms. The molecule has 0 saturated carbocycles. The molecule has 0 aliphatic carbocycles. The van der Waals surface area contributed by atoms with E-state index in [1.807, 2.05) is 12.1 Å². The van der Waals surface area contributed by atoms with Gasteiger partial charge >= 0.3 is 5.56 Å². The van der Waals surface area contributed by atoms with Crippen molar-refractivity contribution < 1.29 is 9.47 Å². The molecule has 1 saturated heterocycles. The fourth-order valence-corrected chi connectivity index (χ4v) is 3.07. The Balaban J connectivity index is 1.45. The third kappa shape index (κ3) is 5.23. The van der Waals surface area contributed by atoms with Crippen LogP contribution >= 0.6 is 0 Å². The van der Waals surface area contributed by atoms with Crippen molar-refractivity contribution in [3.8, 4) is 11.5 Å². The normalized spacial score (nSPS) is 14.8. The highest BCUT2D eigenvalue weighted by Gasteiger charge is 2.10. The van der Waals surface area contributed by atoms with Gasteiger partial charge in [0.25, 0.3) is 0 Å². The van der Waals surface area contributed by atoms with Gasteiger partial charge in [-0.3, -0.25) is 9.69 Å². The zero-order valence-corrected chi connectivity index (χ0v) is 15.2. The number of hydrogen-bond donors (Lipinski definition) is 2. The maximum Gasteiger partial charge on any atom is 0.316 e. The van der Waals surface area contributed by atoms with Crippen LogP contribution in [0, 0.1) is 0 Å². The molecule has 1 aliphatic heterocycles. The highest BCUT2D eigenvalue weighted by molar-refractivity contribution is 5.29. The van der Waals surface area contributed by atoms with Crippen molar-refractivity contribution in [1.82, 2.24) is 14.9 Å². The van der Waals surface area contributed by atoms with Crippen molar-refractivity contribution in [2.45, 2.75) is 25.8 Å². The number of rotatable bonds is 8. The van der Waals surface area contributed by atoms with Crippen LogP contribution in [0.5, 0.6) is 11.5 Å². The van der Waals surface area contributed by atoms with Gasteiger partial charge in [0.1, 0.15) is 12.4 Å². The lowest BCUT2D eigenvalue weighted by Gasteiger charge is -2.26. The Labute approximate surface area is 153 Å². The number of anilines is 1. The zero-order valence-electron chi connectivity index (χ0n) is 15.2. The molecule has 7 heteroatoms. The number of aromatic nitrogens is 2. The summed E-state index contributed by atoms with van der Waals surface area (Å²) < 4.78 is 10.7. The van der Waals surface area contributed by atoms with Crippen LogP contribution in [0.1, 0.15) is 24.8 Å². The molecule has 26 heavy (non-hydrogen) atoms. The Hall–Kier alpha value is -2.54. The van der Waals surface area contributed by atoms with Crippen LogP contribution in [0.2, 0.25) is 0 Å². The van der Waals surface area contributed by atoms with E-state index in [2.05, 4.69) is 32.3 Å². The summed E-state index contributed by atoms with van der Waals surface area (Å²) in [5.74, 6) is 1.45. The van der Waals surface area contributed by atoms with E-state index in [0.29, 0.717) is 19.1 Å². The Bertz CT molecular complexity index is 756. The first-order chi connectivity index (χ1) is 12.7. The molecule has 0 spiro atoms. The fourth-order valence-electron chi connectivity index (χ4n) is 3.07. The predicted octanol–water partition coefficient (Wildman–Crippen LogP) is 2.26. The summed E-state index contributed by atoms with van der Waals surface area (Å²) in [7, 11) is 1.44. The van der Waals surface area contributed by atoms with Gasteiger partial charge in [-0.2, -0.15) is 4.98 Å². The second-order valence-electron chi connectivity index (χ2n) is 6.38. The van der Waals surface area contributed by atoms with Crippen LogP contribution in [0.15, 0.2) is 35.3 Å². The zero-order chi connectivity index (χ0) is 18.2. The number of aromatic amines is 1. The summed E-state index contributed by atoms with van der Waals surface area (Å²) in [6, 6.07) is 8.24. The fraction of sp³-hybridized carbons (Fsp3) is 0.474. The van der Waals surface area contributed by atoms with Crippen molar-refractivity contribution in [2.24, 2.45) is 0 Å². The van der Waals surface area contributed by atoms with Crippen molar-refractivity contribution >= 4 is 5.95 Å². The van der Waals surface area contributed by atoms with E-state index in [-0.39, 0.29) is 5.75 Å². The standard InChI is InChI=1S/C19H26N4O3/c1-25-17-13-21-19(22-18(17)24)20-8-11-26-16-7-5-6-15(12-16)14-23-9-3-2-4-10-23/h5-7,12-13H,2-4,8-11,14H2,1H3,(H2,20,21,22,24). The van der Waals surface area contributed by atoms with Gasteiger partial charge in [-0.1, -0.05) is 18.6 Å². The number of benzene rings is 1. The van der Waals surface area contributed by atoms with E-state index < -0.39 is 5.56 Å². The van der Waals surface area contributed by atoms with E-state index in [4.69, 9.17) is 9.47 Å². The van der Waals surface area contributed by atoms with Gasteiger partial charge in [-0.25, -0.2) is 0 Å². The molecule has 2 aromatic rings. The summed E-state index contributed by atoms with van der Waals surface area (Å²) in [4.78, 5) is 20.8. The molecular weight excluding hydrogens is 332 g/mol. The van der Waals surface area contributed by atoms with Crippen LogP contribution in [-0.4, -0.2) is 48.2 Å². The lowest BCUT2D eigenvalue weighted by Crippen LogP contribution is -2.29. The molecule has 0 unspecified atom stereocenters. The molecule has 3 rings (SSSR count). The summed E-state index contributed by atoms with van der Waals surface area (Å²) in [5, 5.41) is 3.03. The van der Waals surface area contributed by atoms with Crippen LogP contribution < -0.4 is 20.3 Å². The number of methoxy groups -OCH3 is 1. The molecule has 2 N–H and O–H groups in total. The molecule has 1 aromatic heterocycles. The van der Waals surface area contributed by atoms with Gasteiger partial charge in [-0.05, 0) is 43.6 Å².